The minimum Gasteiger partial charge on any atom is -0.212 e. The van der Waals surface area contributed by atoms with Crippen LogP contribution in [-0.2, 0) is 5.41 Å². The van der Waals surface area contributed by atoms with E-state index in [2.05, 4.69) is 153 Å². The van der Waals surface area contributed by atoms with Crippen LogP contribution >= 0.6 is 0 Å². The molecule has 5 aromatic carbocycles. The highest BCUT2D eigenvalue weighted by Gasteiger charge is 2.35. The third-order valence-electron chi connectivity index (χ3n) is 9.25. The lowest BCUT2D eigenvalue weighted by Gasteiger charge is -2.22. The second-order valence-corrected chi connectivity index (χ2v) is 12.5. The lowest BCUT2D eigenvalue weighted by Crippen LogP contribution is -2.14. The molecule has 1 aromatic heterocycles. The number of nitrogens with zero attached hydrogens (tertiary/aromatic N) is 3. The molecule has 8 rings (SSSR count). The van der Waals surface area contributed by atoms with E-state index in [4.69, 9.17) is 15.0 Å². The zero-order valence-electron chi connectivity index (χ0n) is 25.5. The number of hydrogen-bond acceptors (Lipinski definition) is 3. The van der Waals surface area contributed by atoms with Gasteiger partial charge in [0.15, 0.2) is 11.6 Å². The van der Waals surface area contributed by atoms with Crippen molar-refractivity contribution in [1.29, 1.82) is 0 Å². The molecule has 2 aliphatic rings. The molecule has 45 heavy (non-hydrogen) atoms. The number of aromatic nitrogens is 3. The molecule has 3 heteroatoms. The van der Waals surface area contributed by atoms with E-state index in [0.717, 1.165) is 28.9 Å². The van der Waals surface area contributed by atoms with Crippen LogP contribution in [0.15, 0.2) is 146 Å². The average Bonchev–Trinajstić information content (AvgIpc) is 3.34. The first-order valence-corrected chi connectivity index (χ1v) is 15.6. The van der Waals surface area contributed by atoms with Crippen LogP contribution in [0.3, 0.4) is 0 Å². The van der Waals surface area contributed by atoms with Crippen molar-refractivity contribution in [3.05, 3.63) is 163 Å². The highest BCUT2D eigenvalue weighted by atomic mass is 15.0. The van der Waals surface area contributed by atoms with Gasteiger partial charge in [0.2, 0.25) is 0 Å². The standard InChI is InChI=1S/C42H33N3/c1-42(2)37-19-10-9-18-35(37)36-25-24-33(27-38(36)42)32-16-11-17-34(26-32)41-44-39(30-14-7-4-8-15-30)43-40(45-41)31-22-20-29(21-23-31)28-12-5-3-6-13-28/h3-14,16-27,30H,15H2,1-2H3. The maximum Gasteiger partial charge on any atom is 0.163 e. The molecule has 216 valence electrons. The number of fused-ring (bicyclic) bond motifs is 3. The number of rotatable bonds is 5. The van der Waals surface area contributed by atoms with Crippen LogP contribution in [0.4, 0.5) is 0 Å². The maximum atomic E-state index is 5.05. The van der Waals surface area contributed by atoms with Crippen LogP contribution in [-0.4, -0.2) is 15.0 Å². The molecule has 2 aliphatic carbocycles. The van der Waals surface area contributed by atoms with Crippen LogP contribution in [0.5, 0.6) is 0 Å². The van der Waals surface area contributed by atoms with Crippen molar-refractivity contribution in [3.63, 3.8) is 0 Å². The first-order chi connectivity index (χ1) is 22.0. The lowest BCUT2D eigenvalue weighted by atomic mass is 9.81. The molecule has 6 aromatic rings. The molecule has 0 N–H and O–H groups in total. The van der Waals surface area contributed by atoms with Crippen LogP contribution in [0.25, 0.3) is 56.2 Å². The maximum absolute atomic E-state index is 5.05. The Morgan fingerprint density at radius 1 is 0.511 bits per heavy atom. The Morgan fingerprint density at radius 3 is 1.93 bits per heavy atom. The highest BCUT2D eigenvalue weighted by Crippen LogP contribution is 2.49. The van der Waals surface area contributed by atoms with Crippen molar-refractivity contribution >= 4 is 0 Å². The van der Waals surface area contributed by atoms with Crippen molar-refractivity contribution < 1.29 is 0 Å². The van der Waals surface area contributed by atoms with Crippen molar-refractivity contribution in [2.45, 2.75) is 31.6 Å². The minimum atomic E-state index is -0.0461. The summed E-state index contributed by atoms with van der Waals surface area (Å²) in [5.41, 5.74) is 12.0. The van der Waals surface area contributed by atoms with E-state index in [1.807, 2.05) is 6.07 Å². The fourth-order valence-corrected chi connectivity index (χ4v) is 6.75. The molecule has 0 fully saturated rings. The van der Waals surface area contributed by atoms with E-state index in [9.17, 15) is 0 Å². The number of allylic oxidation sites excluding steroid dienone is 4. The van der Waals surface area contributed by atoms with Gasteiger partial charge < -0.3 is 0 Å². The van der Waals surface area contributed by atoms with E-state index in [-0.39, 0.29) is 11.3 Å². The molecule has 1 heterocycles. The van der Waals surface area contributed by atoms with Gasteiger partial charge >= 0.3 is 0 Å². The molecule has 1 atom stereocenters. The molecule has 0 saturated heterocycles. The SMILES string of the molecule is CC1(C)c2ccccc2-c2ccc(-c3cccc(-c4nc(-c5ccc(-c6ccccc6)cc5)nc(C5C=CC=CC5)n4)c3)cc21. The Morgan fingerprint density at radius 2 is 1.13 bits per heavy atom. The highest BCUT2D eigenvalue weighted by molar-refractivity contribution is 5.84. The van der Waals surface area contributed by atoms with Gasteiger partial charge in [-0.3, -0.25) is 0 Å². The topological polar surface area (TPSA) is 38.7 Å². The Bertz CT molecular complexity index is 2100. The predicted octanol–water partition coefficient (Wildman–Crippen LogP) is 10.4. The van der Waals surface area contributed by atoms with Gasteiger partial charge in [0, 0.05) is 22.5 Å². The number of hydrogen-bond donors (Lipinski definition) is 0. The number of benzene rings is 5. The van der Waals surface area contributed by atoms with Gasteiger partial charge in [-0.05, 0) is 63.1 Å². The van der Waals surface area contributed by atoms with Crippen molar-refractivity contribution in [2.75, 3.05) is 0 Å². The Labute approximate surface area is 264 Å². The van der Waals surface area contributed by atoms with Crippen LogP contribution in [0, 0.1) is 0 Å². The molecule has 0 bridgehead atoms. The zero-order chi connectivity index (χ0) is 30.4. The summed E-state index contributed by atoms with van der Waals surface area (Å²) in [7, 11) is 0. The molecular formula is C42H33N3. The average molecular weight is 580 g/mol. The molecule has 0 saturated carbocycles. The molecule has 0 amide bonds. The summed E-state index contributed by atoms with van der Waals surface area (Å²) < 4.78 is 0. The fourth-order valence-electron chi connectivity index (χ4n) is 6.75. The van der Waals surface area contributed by atoms with Gasteiger partial charge in [-0.25, -0.2) is 15.0 Å². The van der Waals surface area contributed by atoms with E-state index in [0.29, 0.717) is 11.6 Å². The van der Waals surface area contributed by atoms with Crippen molar-refractivity contribution in [3.8, 4) is 56.2 Å². The van der Waals surface area contributed by atoms with E-state index in [1.54, 1.807) is 0 Å². The van der Waals surface area contributed by atoms with Gasteiger partial charge in [0.05, 0.1) is 0 Å². The Kier molecular flexibility index (Phi) is 6.60. The summed E-state index contributed by atoms with van der Waals surface area (Å²) in [5.74, 6) is 2.30. The lowest BCUT2D eigenvalue weighted by molar-refractivity contribution is 0.660. The zero-order valence-corrected chi connectivity index (χ0v) is 25.5. The van der Waals surface area contributed by atoms with E-state index in [1.165, 1.54) is 38.9 Å². The molecule has 0 aliphatic heterocycles. The third-order valence-corrected chi connectivity index (χ3v) is 9.25. The normalized spacial score (nSPS) is 15.9. The van der Waals surface area contributed by atoms with E-state index < -0.39 is 0 Å². The third kappa shape index (κ3) is 4.91. The first kappa shape index (κ1) is 27.2. The van der Waals surface area contributed by atoms with Crippen LogP contribution < -0.4 is 0 Å². The van der Waals surface area contributed by atoms with Gasteiger partial charge in [0.25, 0.3) is 0 Å². The summed E-state index contributed by atoms with van der Waals surface area (Å²) in [5, 5.41) is 0. The quantitative estimate of drug-likeness (QED) is 0.204. The molecular weight excluding hydrogens is 546 g/mol. The summed E-state index contributed by atoms with van der Waals surface area (Å²) in [6.07, 6.45) is 9.40. The largest absolute Gasteiger partial charge is 0.212 e. The smallest absolute Gasteiger partial charge is 0.163 e. The van der Waals surface area contributed by atoms with Gasteiger partial charge in [-0.15, -0.1) is 0 Å². The van der Waals surface area contributed by atoms with Crippen molar-refractivity contribution in [2.24, 2.45) is 0 Å². The molecule has 3 nitrogen and oxygen atoms in total. The Balaban J connectivity index is 1.19. The van der Waals surface area contributed by atoms with Gasteiger partial charge in [-0.1, -0.05) is 147 Å². The van der Waals surface area contributed by atoms with Crippen LogP contribution in [0.2, 0.25) is 0 Å². The monoisotopic (exact) mass is 579 g/mol. The second-order valence-electron chi connectivity index (χ2n) is 12.5. The molecule has 1 unspecified atom stereocenters. The van der Waals surface area contributed by atoms with Gasteiger partial charge in [0.1, 0.15) is 5.82 Å². The molecule has 0 radical (unpaired) electrons. The second kappa shape index (κ2) is 10.9. The van der Waals surface area contributed by atoms with Crippen LogP contribution in [0.1, 0.15) is 43.1 Å². The van der Waals surface area contributed by atoms with Gasteiger partial charge in [-0.2, -0.15) is 0 Å². The predicted molar refractivity (Wildman–Crippen MR) is 185 cm³/mol. The summed E-state index contributed by atoms with van der Waals surface area (Å²) in [6.45, 7) is 4.65. The first-order valence-electron chi connectivity index (χ1n) is 15.6. The Hall–Kier alpha value is -5.41. The minimum absolute atomic E-state index is 0.0461. The summed E-state index contributed by atoms with van der Waals surface area (Å²) in [4.78, 5) is 15.1. The molecule has 0 spiro atoms. The summed E-state index contributed by atoms with van der Waals surface area (Å²) in [6, 6.07) is 43.2. The van der Waals surface area contributed by atoms with Crippen molar-refractivity contribution in [1.82, 2.24) is 15.0 Å². The summed E-state index contributed by atoms with van der Waals surface area (Å²) >= 11 is 0. The van der Waals surface area contributed by atoms with E-state index >= 15 is 0 Å². The fraction of sp³-hybridized carbons (Fsp3) is 0.119.